The van der Waals surface area contributed by atoms with Crippen molar-refractivity contribution < 1.29 is 9.47 Å². The van der Waals surface area contributed by atoms with Crippen LogP contribution in [0.25, 0.3) is 11.2 Å². The topological polar surface area (TPSA) is 108 Å². The summed E-state index contributed by atoms with van der Waals surface area (Å²) in [5, 5.41) is 0. The number of nitrogen functional groups attached to an aromatic ring is 1. The van der Waals surface area contributed by atoms with Gasteiger partial charge in [-0.1, -0.05) is 6.92 Å². The van der Waals surface area contributed by atoms with E-state index in [0.717, 1.165) is 6.42 Å². The van der Waals surface area contributed by atoms with Gasteiger partial charge in [-0.2, -0.15) is 4.98 Å². The minimum absolute atomic E-state index is 0.0294. The normalized spacial score (nSPS) is 26.4. The Morgan fingerprint density at radius 2 is 2.45 bits per heavy atom. The highest BCUT2D eigenvalue weighted by Crippen LogP contribution is 2.33. The third-order valence-corrected chi connectivity index (χ3v) is 3.65. The molecule has 1 aliphatic rings. The molecule has 3 rings (SSSR count). The molecule has 3 N–H and O–H groups in total. The average molecular weight is 279 g/mol. The average Bonchev–Trinajstić information content (AvgIpc) is 3.01. The number of hydrogen-bond donors (Lipinski definition) is 2. The van der Waals surface area contributed by atoms with Gasteiger partial charge in [0.25, 0.3) is 5.56 Å². The third-order valence-electron chi connectivity index (χ3n) is 3.65. The van der Waals surface area contributed by atoms with Crippen molar-refractivity contribution in [3.63, 3.8) is 0 Å². The van der Waals surface area contributed by atoms with Crippen LogP contribution in [0.3, 0.4) is 0 Å². The van der Waals surface area contributed by atoms with Crippen LogP contribution in [0.1, 0.15) is 26.0 Å². The molecule has 0 aromatic carbocycles. The Labute approximate surface area is 114 Å². The zero-order valence-corrected chi connectivity index (χ0v) is 11.4. The van der Waals surface area contributed by atoms with Crippen LogP contribution >= 0.6 is 0 Å². The van der Waals surface area contributed by atoms with Crippen molar-refractivity contribution in [1.82, 2.24) is 19.5 Å². The molecule has 1 fully saturated rings. The van der Waals surface area contributed by atoms with Gasteiger partial charge in [-0.15, -0.1) is 0 Å². The van der Waals surface area contributed by atoms with Crippen LogP contribution in [-0.2, 0) is 9.47 Å². The van der Waals surface area contributed by atoms with Crippen molar-refractivity contribution >= 4 is 17.1 Å². The molecule has 0 aliphatic carbocycles. The highest BCUT2D eigenvalue weighted by Gasteiger charge is 2.36. The van der Waals surface area contributed by atoms with E-state index in [9.17, 15) is 4.79 Å². The molecule has 20 heavy (non-hydrogen) atoms. The summed E-state index contributed by atoms with van der Waals surface area (Å²) < 4.78 is 13.1. The quantitative estimate of drug-likeness (QED) is 0.842. The highest BCUT2D eigenvalue weighted by atomic mass is 16.6. The van der Waals surface area contributed by atoms with E-state index in [1.807, 2.05) is 6.92 Å². The van der Waals surface area contributed by atoms with Crippen LogP contribution in [0.15, 0.2) is 11.1 Å². The molecule has 0 amide bonds. The van der Waals surface area contributed by atoms with E-state index in [2.05, 4.69) is 15.0 Å². The number of H-pyrrole nitrogens is 1. The molecule has 0 bridgehead atoms. The number of aromatic amines is 1. The number of nitrogens with two attached hydrogens (primary N) is 1. The summed E-state index contributed by atoms with van der Waals surface area (Å²) in [5.41, 5.74) is 5.93. The molecule has 3 heterocycles. The van der Waals surface area contributed by atoms with Gasteiger partial charge in [-0.05, 0) is 6.42 Å². The first-order valence-corrected chi connectivity index (χ1v) is 6.54. The molecule has 2 aromatic heterocycles. The molecule has 2 aromatic rings. The van der Waals surface area contributed by atoms with Crippen molar-refractivity contribution in [3.8, 4) is 0 Å². The molecule has 1 aliphatic heterocycles. The summed E-state index contributed by atoms with van der Waals surface area (Å²) in [6.45, 7) is 2.05. The van der Waals surface area contributed by atoms with E-state index in [4.69, 9.17) is 15.2 Å². The zero-order valence-electron chi connectivity index (χ0n) is 11.4. The predicted octanol–water partition coefficient (Wildman–Crippen LogP) is 0.414. The lowest BCUT2D eigenvalue weighted by atomic mass is 10.1. The van der Waals surface area contributed by atoms with Crippen LogP contribution < -0.4 is 11.3 Å². The van der Waals surface area contributed by atoms with Gasteiger partial charge in [0.05, 0.1) is 18.5 Å². The summed E-state index contributed by atoms with van der Waals surface area (Å²) >= 11 is 0. The minimum Gasteiger partial charge on any atom is -0.379 e. The van der Waals surface area contributed by atoms with E-state index in [-0.39, 0.29) is 35.5 Å². The summed E-state index contributed by atoms with van der Waals surface area (Å²) in [4.78, 5) is 22.4. The molecule has 0 spiro atoms. The second kappa shape index (κ2) is 4.88. The van der Waals surface area contributed by atoms with Gasteiger partial charge in [0, 0.05) is 13.5 Å². The van der Waals surface area contributed by atoms with Crippen molar-refractivity contribution in [2.75, 3.05) is 12.8 Å². The largest absolute Gasteiger partial charge is 0.379 e. The number of nitrogens with zero attached hydrogens (tertiary/aromatic N) is 3. The highest BCUT2D eigenvalue weighted by molar-refractivity contribution is 5.70. The number of anilines is 1. The molecular formula is C12H17N5O3. The predicted molar refractivity (Wildman–Crippen MR) is 72.2 cm³/mol. The van der Waals surface area contributed by atoms with Gasteiger partial charge >= 0.3 is 0 Å². The Morgan fingerprint density at radius 3 is 3.10 bits per heavy atom. The first-order chi connectivity index (χ1) is 9.63. The van der Waals surface area contributed by atoms with Crippen LogP contribution in [-0.4, -0.2) is 38.8 Å². The monoisotopic (exact) mass is 279 g/mol. The van der Waals surface area contributed by atoms with Crippen molar-refractivity contribution in [2.45, 2.75) is 38.2 Å². The number of nitrogens with one attached hydrogen (secondary N) is 1. The maximum Gasteiger partial charge on any atom is 0.280 e. The fourth-order valence-electron chi connectivity index (χ4n) is 2.64. The van der Waals surface area contributed by atoms with Gasteiger partial charge < -0.3 is 15.2 Å². The number of fused-ring (bicyclic) bond motifs is 1. The van der Waals surface area contributed by atoms with Crippen LogP contribution in [0.4, 0.5) is 5.95 Å². The maximum atomic E-state index is 11.8. The number of hydrogen-bond acceptors (Lipinski definition) is 6. The molecule has 8 nitrogen and oxygen atoms in total. The minimum atomic E-state index is -0.348. The van der Waals surface area contributed by atoms with Gasteiger partial charge in [0.15, 0.2) is 11.2 Å². The molecule has 1 saturated heterocycles. The summed E-state index contributed by atoms with van der Waals surface area (Å²) in [7, 11) is 1.67. The first kappa shape index (κ1) is 13.1. The van der Waals surface area contributed by atoms with E-state index in [1.165, 1.54) is 0 Å². The number of rotatable bonds is 3. The van der Waals surface area contributed by atoms with Crippen molar-refractivity contribution in [1.29, 1.82) is 0 Å². The van der Waals surface area contributed by atoms with Crippen LogP contribution in [0.5, 0.6) is 0 Å². The summed E-state index contributed by atoms with van der Waals surface area (Å²) in [5.74, 6) is 0.0672. The Kier molecular flexibility index (Phi) is 3.19. The molecule has 1 unspecified atom stereocenters. The number of methoxy groups -OCH3 is 1. The van der Waals surface area contributed by atoms with E-state index in [0.29, 0.717) is 12.1 Å². The number of imidazole rings is 1. The summed E-state index contributed by atoms with van der Waals surface area (Å²) in [6.07, 6.45) is 2.92. The Balaban J connectivity index is 2.01. The fraction of sp³-hybridized carbons (Fsp3) is 0.583. The molecule has 108 valence electrons. The van der Waals surface area contributed by atoms with Crippen LogP contribution in [0, 0.1) is 0 Å². The molecule has 3 atom stereocenters. The lowest BCUT2D eigenvalue weighted by Crippen LogP contribution is -2.21. The first-order valence-electron chi connectivity index (χ1n) is 6.54. The van der Waals surface area contributed by atoms with Crippen LogP contribution in [0.2, 0.25) is 0 Å². The van der Waals surface area contributed by atoms with E-state index < -0.39 is 0 Å². The second-order valence-corrected chi connectivity index (χ2v) is 4.82. The van der Waals surface area contributed by atoms with Gasteiger partial charge in [-0.25, -0.2) is 4.98 Å². The van der Waals surface area contributed by atoms with Crippen molar-refractivity contribution in [3.05, 3.63) is 16.7 Å². The number of aromatic nitrogens is 4. The smallest absolute Gasteiger partial charge is 0.280 e. The SMILES string of the molecule is CC[C@H]1O[C@@H](n2cnc3c(=O)[nH]c(N)nc32)CC1OC. The lowest BCUT2D eigenvalue weighted by Gasteiger charge is -2.14. The summed E-state index contributed by atoms with van der Waals surface area (Å²) in [6, 6.07) is 0. The Bertz CT molecular complexity index is 667. The van der Waals surface area contributed by atoms with Gasteiger partial charge in [0.1, 0.15) is 6.23 Å². The Morgan fingerprint density at radius 1 is 1.65 bits per heavy atom. The molecular weight excluding hydrogens is 262 g/mol. The standard InChI is InChI=1S/C12H17N5O3/c1-3-6-7(19-2)4-8(20-6)17-5-14-9-10(17)15-12(13)16-11(9)18/h5-8H,3-4H2,1-2H3,(H3,13,15,16,18)/t6-,7?,8-/m1/s1. The fourth-order valence-corrected chi connectivity index (χ4v) is 2.64. The third kappa shape index (κ3) is 1.97. The molecule has 0 saturated carbocycles. The Hall–Kier alpha value is -1.93. The van der Waals surface area contributed by atoms with Gasteiger partial charge in [-0.3, -0.25) is 14.3 Å². The molecule has 0 radical (unpaired) electrons. The molecule has 8 heteroatoms. The van der Waals surface area contributed by atoms with E-state index >= 15 is 0 Å². The lowest BCUT2D eigenvalue weighted by molar-refractivity contribution is -0.0273. The van der Waals surface area contributed by atoms with Gasteiger partial charge in [0.2, 0.25) is 5.95 Å². The zero-order chi connectivity index (χ0) is 14.3. The second-order valence-electron chi connectivity index (χ2n) is 4.82. The van der Waals surface area contributed by atoms with Crippen molar-refractivity contribution in [2.24, 2.45) is 0 Å². The number of ether oxygens (including phenoxy) is 2. The van der Waals surface area contributed by atoms with E-state index in [1.54, 1.807) is 18.0 Å². The maximum absolute atomic E-state index is 11.8.